The van der Waals surface area contributed by atoms with Gasteiger partial charge in [-0.05, 0) is 13.3 Å². The monoisotopic (exact) mass is 267 g/mol. The molecular formula is C12H17N3S2. The van der Waals surface area contributed by atoms with Gasteiger partial charge < -0.3 is 5.73 Å². The molecule has 0 radical (unpaired) electrons. The average molecular weight is 267 g/mol. The van der Waals surface area contributed by atoms with Crippen LogP contribution in [0, 0.1) is 6.92 Å². The Balaban J connectivity index is 2.16. The number of nitrogens with zero attached hydrogens (tertiary/aromatic N) is 2. The molecule has 0 fully saturated rings. The lowest BCUT2D eigenvalue weighted by Crippen LogP contribution is -1.98. The maximum atomic E-state index is 5.75. The van der Waals surface area contributed by atoms with Crippen LogP contribution in [-0.4, -0.2) is 9.97 Å². The predicted octanol–water partition coefficient (Wildman–Crippen LogP) is 2.91. The fourth-order valence-corrected chi connectivity index (χ4v) is 3.58. The molecule has 2 aromatic heterocycles. The van der Waals surface area contributed by atoms with Gasteiger partial charge in [0.1, 0.15) is 0 Å². The van der Waals surface area contributed by atoms with Crippen molar-refractivity contribution in [2.24, 2.45) is 5.73 Å². The molecule has 17 heavy (non-hydrogen) atoms. The normalized spacial score (nSPS) is 11.0. The summed E-state index contributed by atoms with van der Waals surface area (Å²) < 4.78 is 0. The summed E-state index contributed by atoms with van der Waals surface area (Å²) in [6, 6.07) is 0. The van der Waals surface area contributed by atoms with Crippen molar-refractivity contribution < 1.29 is 0 Å². The third-order valence-electron chi connectivity index (χ3n) is 2.46. The molecule has 0 saturated heterocycles. The van der Waals surface area contributed by atoms with Crippen LogP contribution in [0.2, 0.25) is 0 Å². The van der Waals surface area contributed by atoms with Crippen LogP contribution in [0.4, 0.5) is 0 Å². The van der Waals surface area contributed by atoms with E-state index in [-0.39, 0.29) is 0 Å². The lowest BCUT2D eigenvalue weighted by Gasteiger charge is -1.94. The van der Waals surface area contributed by atoms with Crippen LogP contribution >= 0.6 is 22.7 Å². The third kappa shape index (κ3) is 3.12. The molecular weight excluding hydrogens is 250 g/mol. The van der Waals surface area contributed by atoms with Gasteiger partial charge in [-0.25, -0.2) is 9.97 Å². The summed E-state index contributed by atoms with van der Waals surface area (Å²) in [6.45, 7) is 4.79. The van der Waals surface area contributed by atoms with Crippen molar-refractivity contribution >= 4 is 22.7 Å². The number of hydrogen-bond acceptors (Lipinski definition) is 5. The zero-order valence-corrected chi connectivity index (χ0v) is 11.8. The molecule has 2 N–H and O–H groups in total. The highest BCUT2D eigenvalue weighted by Crippen LogP contribution is 2.23. The van der Waals surface area contributed by atoms with Crippen LogP contribution in [0.3, 0.4) is 0 Å². The first kappa shape index (κ1) is 12.7. The summed E-state index contributed by atoms with van der Waals surface area (Å²) >= 11 is 3.44. The first-order chi connectivity index (χ1) is 8.22. The number of thiazole rings is 2. The molecule has 5 heteroatoms. The van der Waals surface area contributed by atoms with Crippen molar-refractivity contribution in [3.63, 3.8) is 0 Å². The second kappa shape index (κ2) is 5.71. The van der Waals surface area contributed by atoms with Crippen molar-refractivity contribution in [3.05, 3.63) is 31.7 Å². The Labute approximate surface area is 110 Å². The van der Waals surface area contributed by atoms with Gasteiger partial charge in [0, 0.05) is 22.5 Å². The van der Waals surface area contributed by atoms with Gasteiger partial charge in [-0.3, -0.25) is 0 Å². The Morgan fingerprint density at radius 1 is 1.29 bits per heavy atom. The molecule has 0 aromatic carbocycles. The lowest BCUT2D eigenvalue weighted by atomic mass is 10.2. The predicted molar refractivity (Wildman–Crippen MR) is 73.7 cm³/mol. The van der Waals surface area contributed by atoms with Gasteiger partial charge in [0.25, 0.3) is 0 Å². The Hall–Kier alpha value is -0.780. The number of hydrogen-bond donors (Lipinski definition) is 1. The minimum atomic E-state index is 0.601. The maximum Gasteiger partial charge on any atom is 0.0999 e. The number of rotatable bonds is 5. The lowest BCUT2D eigenvalue weighted by molar-refractivity contribution is 0.862. The van der Waals surface area contributed by atoms with Gasteiger partial charge in [0.2, 0.25) is 0 Å². The van der Waals surface area contributed by atoms with Crippen LogP contribution in [0.5, 0.6) is 0 Å². The zero-order chi connectivity index (χ0) is 12.3. The molecule has 0 amide bonds. The molecule has 2 rings (SSSR count). The van der Waals surface area contributed by atoms with Crippen molar-refractivity contribution in [3.8, 4) is 0 Å². The summed E-state index contributed by atoms with van der Waals surface area (Å²) in [5.41, 5.74) is 8.02. The van der Waals surface area contributed by atoms with E-state index in [9.17, 15) is 0 Å². The van der Waals surface area contributed by atoms with Crippen LogP contribution in [0.25, 0.3) is 0 Å². The van der Waals surface area contributed by atoms with Crippen molar-refractivity contribution in [1.82, 2.24) is 9.97 Å². The molecule has 2 heterocycles. The highest BCUT2D eigenvalue weighted by molar-refractivity contribution is 7.12. The van der Waals surface area contributed by atoms with Crippen LogP contribution in [0.15, 0.2) is 5.38 Å². The summed E-state index contributed by atoms with van der Waals surface area (Å²) in [7, 11) is 0. The quantitative estimate of drug-likeness (QED) is 0.906. The number of nitrogens with two attached hydrogens (primary N) is 1. The highest BCUT2D eigenvalue weighted by atomic mass is 32.1. The summed E-state index contributed by atoms with van der Waals surface area (Å²) in [5.74, 6) is 0. The van der Waals surface area contributed by atoms with Crippen LogP contribution in [0.1, 0.15) is 39.6 Å². The average Bonchev–Trinajstić information content (AvgIpc) is 2.87. The van der Waals surface area contributed by atoms with E-state index in [1.165, 1.54) is 10.6 Å². The Bertz CT molecular complexity index is 488. The zero-order valence-electron chi connectivity index (χ0n) is 10.2. The Kier molecular flexibility index (Phi) is 4.25. The van der Waals surface area contributed by atoms with Gasteiger partial charge in [-0.2, -0.15) is 0 Å². The molecule has 0 atom stereocenters. The molecule has 0 aliphatic rings. The van der Waals surface area contributed by atoms with Gasteiger partial charge >= 0.3 is 0 Å². The van der Waals surface area contributed by atoms with E-state index < -0.39 is 0 Å². The Morgan fingerprint density at radius 2 is 2.12 bits per heavy atom. The molecule has 0 bridgehead atoms. The van der Waals surface area contributed by atoms with Crippen LogP contribution in [-0.2, 0) is 19.4 Å². The van der Waals surface area contributed by atoms with E-state index in [1.54, 1.807) is 22.7 Å². The third-order valence-corrected chi connectivity index (χ3v) is 4.55. The smallest absolute Gasteiger partial charge is 0.0999 e. The number of aromatic nitrogens is 2. The van der Waals surface area contributed by atoms with Crippen molar-refractivity contribution in [1.29, 1.82) is 0 Å². The van der Waals surface area contributed by atoms with Gasteiger partial charge in [0.05, 0.1) is 22.1 Å². The Morgan fingerprint density at radius 3 is 2.71 bits per heavy atom. The van der Waals surface area contributed by atoms with E-state index in [2.05, 4.69) is 22.3 Å². The standard InChI is InChI=1S/C12H17N3S2/c1-3-4-9-10(6-13)17-12(15-9)5-11-14-8(2)7-16-11/h7H,3-6,13H2,1-2H3. The van der Waals surface area contributed by atoms with Crippen molar-refractivity contribution in [2.75, 3.05) is 0 Å². The first-order valence-electron chi connectivity index (χ1n) is 5.81. The second-order valence-electron chi connectivity index (χ2n) is 3.99. The fourth-order valence-electron chi connectivity index (χ4n) is 1.72. The van der Waals surface area contributed by atoms with E-state index in [4.69, 9.17) is 5.73 Å². The molecule has 0 aliphatic heterocycles. The second-order valence-corrected chi connectivity index (χ2v) is 6.10. The largest absolute Gasteiger partial charge is 0.326 e. The SMILES string of the molecule is CCCc1nc(Cc2nc(C)cs2)sc1CN. The van der Waals surface area contributed by atoms with Gasteiger partial charge in [0.15, 0.2) is 0 Å². The summed E-state index contributed by atoms with van der Waals surface area (Å²) in [4.78, 5) is 10.4. The van der Waals surface area contributed by atoms with E-state index in [0.29, 0.717) is 6.54 Å². The molecule has 92 valence electrons. The molecule has 2 aromatic rings. The van der Waals surface area contributed by atoms with E-state index in [0.717, 1.165) is 35.0 Å². The highest BCUT2D eigenvalue weighted by Gasteiger charge is 2.11. The minimum Gasteiger partial charge on any atom is -0.326 e. The topological polar surface area (TPSA) is 51.8 Å². The molecule has 0 spiro atoms. The molecule has 0 aliphatic carbocycles. The minimum absolute atomic E-state index is 0.601. The van der Waals surface area contributed by atoms with Gasteiger partial charge in [-0.1, -0.05) is 13.3 Å². The maximum absolute atomic E-state index is 5.75. The fraction of sp³-hybridized carbons (Fsp3) is 0.500. The molecule has 0 saturated carbocycles. The van der Waals surface area contributed by atoms with Crippen LogP contribution < -0.4 is 5.73 Å². The van der Waals surface area contributed by atoms with Gasteiger partial charge in [-0.15, -0.1) is 22.7 Å². The first-order valence-corrected chi connectivity index (χ1v) is 7.51. The molecule has 3 nitrogen and oxygen atoms in total. The molecule has 0 unspecified atom stereocenters. The summed E-state index contributed by atoms with van der Waals surface area (Å²) in [6.07, 6.45) is 2.99. The van der Waals surface area contributed by atoms with E-state index in [1.807, 2.05) is 6.92 Å². The number of aryl methyl sites for hydroxylation is 2. The van der Waals surface area contributed by atoms with Crippen molar-refractivity contribution in [2.45, 2.75) is 39.7 Å². The van der Waals surface area contributed by atoms with E-state index >= 15 is 0 Å². The summed E-state index contributed by atoms with van der Waals surface area (Å²) in [5, 5.41) is 4.37.